The summed E-state index contributed by atoms with van der Waals surface area (Å²) < 4.78 is 0. The standard InChI is InChI=1S/C60H120/c1-3-5-7-9-11-13-15-17-19-21-23-25-27-29-31-33-35-37-39-41-43-45-47-49-51-53-55-57-59-60-58-56-54-52-50-48-46-44-42-40-38-36-34-32-30-28-26-24-22-20-18-16-14-12-10-8-6-4-2/h41,43H,3-40,42,44-60H2,1-2H3/b43-41-. The maximum atomic E-state index is 2.48. The number of rotatable bonds is 56. The van der Waals surface area contributed by atoms with Crippen LogP contribution in [0.1, 0.15) is 373 Å². The van der Waals surface area contributed by atoms with E-state index in [0.29, 0.717) is 0 Å². The van der Waals surface area contributed by atoms with Gasteiger partial charge in [-0.15, -0.1) is 0 Å². The van der Waals surface area contributed by atoms with E-state index in [4.69, 9.17) is 0 Å². The molecule has 0 aromatic heterocycles. The van der Waals surface area contributed by atoms with E-state index in [1.54, 1.807) is 0 Å². The lowest BCUT2D eigenvalue weighted by molar-refractivity contribution is 0.510. The predicted molar refractivity (Wildman–Crippen MR) is 279 cm³/mol. The summed E-state index contributed by atoms with van der Waals surface area (Å²) in [7, 11) is 0. The topological polar surface area (TPSA) is 0 Å². The van der Waals surface area contributed by atoms with Crippen LogP contribution in [-0.4, -0.2) is 0 Å². The largest absolute Gasteiger partial charge is 0.0885 e. The van der Waals surface area contributed by atoms with Crippen molar-refractivity contribution in [3.8, 4) is 0 Å². The number of unbranched alkanes of at least 4 members (excludes halogenated alkanes) is 54. The third kappa shape index (κ3) is 57.7. The summed E-state index contributed by atoms with van der Waals surface area (Å²) in [5.74, 6) is 0. The summed E-state index contributed by atoms with van der Waals surface area (Å²) in [5.41, 5.74) is 0. The van der Waals surface area contributed by atoms with Gasteiger partial charge in [-0.05, 0) is 25.7 Å². The molecule has 0 spiro atoms. The van der Waals surface area contributed by atoms with Gasteiger partial charge in [0.2, 0.25) is 0 Å². The first-order chi connectivity index (χ1) is 29.9. The van der Waals surface area contributed by atoms with Crippen LogP contribution in [0.3, 0.4) is 0 Å². The molecule has 0 nitrogen and oxygen atoms in total. The Labute approximate surface area is 384 Å². The molecule has 360 valence electrons. The summed E-state index contributed by atoms with van der Waals surface area (Å²) in [5, 5.41) is 0. The third-order valence-electron chi connectivity index (χ3n) is 14.1. The second kappa shape index (κ2) is 58.7. The fourth-order valence-corrected chi connectivity index (χ4v) is 9.75. The van der Waals surface area contributed by atoms with Crippen molar-refractivity contribution in [2.45, 2.75) is 373 Å². The van der Waals surface area contributed by atoms with E-state index in [0.717, 1.165) is 0 Å². The average molecular weight is 842 g/mol. The van der Waals surface area contributed by atoms with Gasteiger partial charge in [0.15, 0.2) is 0 Å². The molecule has 0 unspecified atom stereocenters. The lowest BCUT2D eigenvalue weighted by atomic mass is 10.0. The molecule has 0 atom stereocenters. The van der Waals surface area contributed by atoms with Crippen LogP contribution >= 0.6 is 0 Å². The van der Waals surface area contributed by atoms with Crippen molar-refractivity contribution in [2.75, 3.05) is 0 Å². The highest BCUT2D eigenvalue weighted by molar-refractivity contribution is 4.81. The number of allylic oxidation sites excluding steroid dienone is 2. The Morgan fingerprint density at radius 2 is 0.233 bits per heavy atom. The van der Waals surface area contributed by atoms with Crippen molar-refractivity contribution < 1.29 is 0 Å². The first-order valence-electron chi connectivity index (χ1n) is 29.6. The maximum absolute atomic E-state index is 2.48. The van der Waals surface area contributed by atoms with E-state index in [1.807, 2.05) is 0 Å². The third-order valence-corrected chi connectivity index (χ3v) is 14.1. The minimum absolute atomic E-state index is 1.32. The van der Waals surface area contributed by atoms with Crippen LogP contribution in [0, 0.1) is 0 Å². The highest BCUT2D eigenvalue weighted by atomic mass is 14.1. The summed E-state index contributed by atoms with van der Waals surface area (Å²) in [4.78, 5) is 0. The van der Waals surface area contributed by atoms with Crippen molar-refractivity contribution in [1.82, 2.24) is 0 Å². The highest BCUT2D eigenvalue weighted by Crippen LogP contribution is 2.19. The molecule has 0 aromatic carbocycles. The Balaban J connectivity index is 3.09. The molecule has 0 N–H and O–H groups in total. The Morgan fingerprint density at radius 3 is 0.350 bits per heavy atom. The van der Waals surface area contributed by atoms with Gasteiger partial charge >= 0.3 is 0 Å². The smallest absolute Gasteiger partial charge is 0.0351 e. The first kappa shape index (κ1) is 59.7. The Morgan fingerprint density at radius 1 is 0.133 bits per heavy atom. The maximum Gasteiger partial charge on any atom is -0.0351 e. The van der Waals surface area contributed by atoms with Gasteiger partial charge in [-0.25, -0.2) is 0 Å². The molecule has 0 aromatic rings. The zero-order chi connectivity index (χ0) is 43.0. The van der Waals surface area contributed by atoms with Crippen molar-refractivity contribution in [3.05, 3.63) is 12.2 Å². The predicted octanol–water partition coefficient (Wildman–Crippen LogP) is 23.4. The van der Waals surface area contributed by atoms with Gasteiger partial charge < -0.3 is 0 Å². The van der Waals surface area contributed by atoms with Gasteiger partial charge in [-0.1, -0.05) is 360 Å². The van der Waals surface area contributed by atoms with E-state index in [-0.39, 0.29) is 0 Å². The monoisotopic (exact) mass is 841 g/mol. The molecule has 0 heteroatoms. The van der Waals surface area contributed by atoms with Crippen LogP contribution in [0.25, 0.3) is 0 Å². The van der Waals surface area contributed by atoms with E-state index >= 15 is 0 Å². The Hall–Kier alpha value is -0.260. The second-order valence-electron chi connectivity index (χ2n) is 20.4. The van der Waals surface area contributed by atoms with E-state index in [9.17, 15) is 0 Å². The molecular weight excluding hydrogens is 721 g/mol. The van der Waals surface area contributed by atoms with Gasteiger partial charge in [0.25, 0.3) is 0 Å². The zero-order valence-corrected chi connectivity index (χ0v) is 42.8. The number of hydrogen-bond donors (Lipinski definition) is 0. The van der Waals surface area contributed by atoms with Crippen LogP contribution < -0.4 is 0 Å². The van der Waals surface area contributed by atoms with Crippen LogP contribution in [0.2, 0.25) is 0 Å². The molecule has 60 heavy (non-hydrogen) atoms. The fraction of sp³-hybridized carbons (Fsp3) is 0.967. The van der Waals surface area contributed by atoms with Crippen molar-refractivity contribution >= 4 is 0 Å². The van der Waals surface area contributed by atoms with Crippen LogP contribution in [-0.2, 0) is 0 Å². The molecule has 0 saturated carbocycles. The van der Waals surface area contributed by atoms with Crippen molar-refractivity contribution in [2.24, 2.45) is 0 Å². The lowest BCUT2D eigenvalue weighted by Crippen LogP contribution is -1.85. The minimum atomic E-state index is 1.32. The van der Waals surface area contributed by atoms with Gasteiger partial charge in [-0.3, -0.25) is 0 Å². The normalized spacial score (nSPS) is 11.8. The van der Waals surface area contributed by atoms with Crippen molar-refractivity contribution in [3.63, 3.8) is 0 Å². The molecule has 0 rings (SSSR count). The zero-order valence-electron chi connectivity index (χ0n) is 42.8. The van der Waals surface area contributed by atoms with Gasteiger partial charge in [0, 0.05) is 0 Å². The highest BCUT2D eigenvalue weighted by Gasteiger charge is 1.99. The molecule has 0 saturated heterocycles. The molecule has 0 radical (unpaired) electrons. The van der Waals surface area contributed by atoms with Gasteiger partial charge in [0.05, 0.1) is 0 Å². The van der Waals surface area contributed by atoms with E-state index in [2.05, 4.69) is 26.0 Å². The van der Waals surface area contributed by atoms with Crippen LogP contribution in [0.4, 0.5) is 0 Å². The molecule has 0 heterocycles. The average Bonchev–Trinajstić information content (AvgIpc) is 3.26. The Kier molecular flexibility index (Phi) is 58.5. The molecule has 0 fully saturated rings. The van der Waals surface area contributed by atoms with Gasteiger partial charge in [-0.2, -0.15) is 0 Å². The molecule has 0 amide bonds. The number of hydrogen-bond acceptors (Lipinski definition) is 0. The van der Waals surface area contributed by atoms with Gasteiger partial charge in [0.1, 0.15) is 0 Å². The Bertz CT molecular complexity index is 720. The molecule has 0 aliphatic carbocycles. The fourth-order valence-electron chi connectivity index (χ4n) is 9.75. The van der Waals surface area contributed by atoms with E-state index < -0.39 is 0 Å². The second-order valence-corrected chi connectivity index (χ2v) is 20.4. The lowest BCUT2D eigenvalue weighted by Gasteiger charge is -2.05. The molecule has 0 bridgehead atoms. The van der Waals surface area contributed by atoms with Crippen molar-refractivity contribution in [1.29, 1.82) is 0 Å². The van der Waals surface area contributed by atoms with E-state index in [1.165, 1.54) is 360 Å². The summed E-state index contributed by atoms with van der Waals surface area (Å²) >= 11 is 0. The van der Waals surface area contributed by atoms with Crippen LogP contribution in [0.15, 0.2) is 12.2 Å². The molecule has 0 aliphatic heterocycles. The minimum Gasteiger partial charge on any atom is -0.0885 e. The molecular formula is C60H120. The summed E-state index contributed by atoms with van der Waals surface area (Å²) in [6.07, 6.45) is 87.4. The summed E-state index contributed by atoms with van der Waals surface area (Å²) in [6, 6.07) is 0. The summed E-state index contributed by atoms with van der Waals surface area (Å²) in [6.45, 7) is 4.63. The quantitative estimate of drug-likeness (QED) is 0.0423. The first-order valence-corrected chi connectivity index (χ1v) is 29.6. The van der Waals surface area contributed by atoms with Crippen LogP contribution in [0.5, 0.6) is 0 Å². The molecule has 0 aliphatic rings. The SMILES string of the molecule is CCCCCCCCCCCCCCCCCCCC/C=C\CCCCCCCCCCCCCCCCCCCCCCCCCCCCCCCCCCCCCC.